The van der Waals surface area contributed by atoms with Gasteiger partial charge in [0.05, 0.1) is 27.1 Å². The van der Waals surface area contributed by atoms with Gasteiger partial charge in [0.2, 0.25) is 5.75 Å². The minimum atomic E-state index is -3.12. The second kappa shape index (κ2) is 9.18. The van der Waals surface area contributed by atoms with Crippen molar-refractivity contribution in [1.29, 1.82) is 0 Å². The van der Waals surface area contributed by atoms with Crippen LogP contribution in [0.4, 0.5) is 0 Å². The van der Waals surface area contributed by atoms with E-state index in [2.05, 4.69) is 0 Å². The lowest BCUT2D eigenvalue weighted by molar-refractivity contribution is 0.0782. The SMILES string of the molecule is COc1cc(C(=O)N2CCC(CCS(C)(=O)=O)(c3ccccc3)C2)cc(OC)c1OC. The van der Waals surface area contributed by atoms with Gasteiger partial charge in [0.15, 0.2) is 11.5 Å². The third-order valence-electron chi connectivity index (χ3n) is 5.89. The number of hydrogen-bond donors (Lipinski definition) is 0. The molecule has 1 aliphatic heterocycles. The lowest BCUT2D eigenvalue weighted by Gasteiger charge is -2.30. The maximum absolute atomic E-state index is 13.4. The van der Waals surface area contributed by atoms with Crippen molar-refractivity contribution in [1.82, 2.24) is 4.90 Å². The number of likely N-dealkylation sites (tertiary alicyclic amines) is 1. The molecular formula is C23H29NO6S. The summed E-state index contributed by atoms with van der Waals surface area (Å²) in [5, 5.41) is 0. The molecular weight excluding hydrogens is 418 g/mol. The molecule has 1 atom stereocenters. The Morgan fingerprint density at radius 3 is 2.16 bits per heavy atom. The Kier molecular flexibility index (Phi) is 6.79. The minimum absolute atomic E-state index is 0.0775. The Morgan fingerprint density at radius 1 is 1.03 bits per heavy atom. The minimum Gasteiger partial charge on any atom is -0.493 e. The van der Waals surface area contributed by atoms with Crippen molar-refractivity contribution in [2.45, 2.75) is 18.3 Å². The van der Waals surface area contributed by atoms with Crippen LogP contribution < -0.4 is 14.2 Å². The van der Waals surface area contributed by atoms with Crippen LogP contribution in [-0.4, -0.2) is 65.7 Å². The van der Waals surface area contributed by atoms with Gasteiger partial charge in [0.25, 0.3) is 5.91 Å². The molecule has 2 aromatic rings. The number of sulfone groups is 1. The van der Waals surface area contributed by atoms with E-state index in [1.807, 2.05) is 30.3 Å². The average molecular weight is 448 g/mol. The van der Waals surface area contributed by atoms with E-state index in [0.717, 1.165) is 5.56 Å². The highest BCUT2D eigenvalue weighted by Crippen LogP contribution is 2.41. The number of carbonyl (C=O) groups excluding carboxylic acids is 1. The Labute approximate surface area is 183 Å². The number of nitrogens with zero attached hydrogens (tertiary/aromatic N) is 1. The van der Waals surface area contributed by atoms with Crippen LogP contribution in [0.1, 0.15) is 28.8 Å². The zero-order valence-corrected chi connectivity index (χ0v) is 19.2. The van der Waals surface area contributed by atoms with Crippen LogP contribution in [0, 0.1) is 0 Å². The molecule has 1 aliphatic rings. The lowest BCUT2D eigenvalue weighted by atomic mass is 9.77. The predicted octanol–water partition coefficient (Wildman–Crippen LogP) is 2.93. The third kappa shape index (κ3) is 4.95. The highest BCUT2D eigenvalue weighted by molar-refractivity contribution is 7.90. The Bertz CT molecular complexity index is 1010. The first kappa shape index (κ1) is 22.9. The van der Waals surface area contributed by atoms with Gasteiger partial charge in [-0.15, -0.1) is 0 Å². The molecule has 1 fully saturated rings. The van der Waals surface area contributed by atoms with Crippen molar-refractivity contribution in [2.75, 3.05) is 46.4 Å². The van der Waals surface area contributed by atoms with Crippen molar-refractivity contribution in [3.8, 4) is 17.2 Å². The number of methoxy groups -OCH3 is 3. The molecule has 7 nitrogen and oxygen atoms in total. The summed E-state index contributed by atoms with van der Waals surface area (Å²) in [6.45, 7) is 0.982. The highest BCUT2D eigenvalue weighted by Gasteiger charge is 2.42. The molecule has 31 heavy (non-hydrogen) atoms. The molecule has 1 unspecified atom stereocenters. The fourth-order valence-corrected chi connectivity index (χ4v) is 4.95. The number of carbonyl (C=O) groups is 1. The standard InChI is InChI=1S/C23H29NO6S/c1-28-19-14-17(15-20(29-2)21(19)30-3)22(25)24-12-10-23(16-24,11-13-31(4,26)27)18-8-6-5-7-9-18/h5-9,14-15H,10-13,16H2,1-4H3. The second-order valence-corrected chi connectivity index (χ2v) is 10.2. The molecule has 0 N–H and O–H groups in total. The molecule has 0 aromatic heterocycles. The average Bonchev–Trinajstić information content (AvgIpc) is 3.22. The molecule has 3 rings (SSSR count). The van der Waals surface area contributed by atoms with Crippen LogP contribution in [0.2, 0.25) is 0 Å². The summed E-state index contributed by atoms with van der Waals surface area (Å²) in [6, 6.07) is 13.1. The molecule has 0 aliphatic carbocycles. The fourth-order valence-electron chi connectivity index (χ4n) is 4.19. The van der Waals surface area contributed by atoms with Gasteiger partial charge in [0.1, 0.15) is 9.84 Å². The summed E-state index contributed by atoms with van der Waals surface area (Å²) in [7, 11) is 1.40. The molecule has 0 saturated carbocycles. The molecule has 1 heterocycles. The number of amides is 1. The van der Waals surface area contributed by atoms with Gasteiger partial charge in [-0.25, -0.2) is 8.42 Å². The van der Waals surface area contributed by atoms with Gasteiger partial charge in [0, 0.05) is 30.3 Å². The monoisotopic (exact) mass is 447 g/mol. The molecule has 0 spiro atoms. The van der Waals surface area contributed by atoms with E-state index in [4.69, 9.17) is 14.2 Å². The van der Waals surface area contributed by atoms with E-state index >= 15 is 0 Å². The maximum Gasteiger partial charge on any atom is 0.254 e. The number of benzene rings is 2. The smallest absolute Gasteiger partial charge is 0.254 e. The first-order chi connectivity index (χ1) is 14.7. The molecule has 1 amide bonds. The summed E-state index contributed by atoms with van der Waals surface area (Å²) in [5.41, 5.74) is 1.08. The predicted molar refractivity (Wildman–Crippen MR) is 119 cm³/mol. The first-order valence-corrected chi connectivity index (χ1v) is 12.1. The van der Waals surface area contributed by atoms with Crippen LogP contribution >= 0.6 is 0 Å². The van der Waals surface area contributed by atoms with E-state index < -0.39 is 15.3 Å². The van der Waals surface area contributed by atoms with Crippen LogP contribution in [0.3, 0.4) is 0 Å². The highest BCUT2D eigenvalue weighted by atomic mass is 32.2. The van der Waals surface area contributed by atoms with Gasteiger partial charge in [-0.05, 0) is 30.5 Å². The normalized spacial score (nSPS) is 18.6. The number of hydrogen-bond acceptors (Lipinski definition) is 6. The molecule has 8 heteroatoms. The summed E-state index contributed by atoms with van der Waals surface area (Å²) in [6.07, 6.45) is 2.41. The maximum atomic E-state index is 13.4. The summed E-state index contributed by atoms with van der Waals surface area (Å²) in [4.78, 5) is 15.1. The van der Waals surface area contributed by atoms with Crippen LogP contribution in [0.5, 0.6) is 17.2 Å². The zero-order valence-electron chi connectivity index (χ0n) is 18.4. The summed E-state index contributed by atoms with van der Waals surface area (Å²) >= 11 is 0. The van der Waals surface area contributed by atoms with Crippen molar-refractivity contribution < 1.29 is 27.4 Å². The number of ether oxygens (including phenoxy) is 3. The van der Waals surface area contributed by atoms with Gasteiger partial charge in [-0.3, -0.25) is 4.79 Å². The Morgan fingerprint density at radius 2 is 1.65 bits per heavy atom. The summed E-state index contributed by atoms with van der Waals surface area (Å²) < 4.78 is 39.9. The van der Waals surface area contributed by atoms with E-state index in [1.54, 1.807) is 17.0 Å². The van der Waals surface area contributed by atoms with Gasteiger partial charge in [-0.1, -0.05) is 30.3 Å². The molecule has 0 radical (unpaired) electrons. The molecule has 1 saturated heterocycles. The summed E-state index contributed by atoms with van der Waals surface area (Å²) in [5.74, 6) is 1.17. The van der Waals surface area contributed by atoms with Gasteiger partial charge >= 0.3 is 0 Å². The van der Waals surface area contributed by atoms with Crippen molar-refractivity contribution in [3.05, 3.63) is 53.6 Å². The van der Waals surface area contributed by atoms with Crippen LogP contribution in [0.25, 0.3) is 0 Å². The fraction of sp³-hybridized carbons (Fsp3) is 0.435. The first-order valence-electron chi connectivity index (χ1n) is 10.1. The third-order valence-corrected chi connectivity index (χ3v) is 6.84. The second-order valence-electron chi connectivity index (χ2n) is 7.92. The van der Waals surface area contributed by atoms with Crippen molar-refractivity contribution in [2.24, 2.45) is 0 Å². The molecule has 2 aromatic carbocycles. The van der Waals surface area contributed by atoms with Crippen molar-refractivity contribution >= 4 is 15.7 Å². The topological polar surface area (TPSA) is 82.1 Å². The van der Waals surface area contributed by atoms with E-state index in [0.29, 0.717) is 48.7 Å². The van der Waals surface area contributed by atoms with Crippen molar-refractivity contribution in [3.63, 3.8) is 0 Å². The van der Waals surface area contributed by atoms with E-state index in [9.17, 15) is 13.2 Å². The number of rotatable bonds is 8. The Hall–Kier alpha value is -2.74. The van der Waals surface area contributed by atoms with Gasteiger partial charge < -0.3 is 19.1 Å². The van der Waals surface area contributed by atoms with E-state index in [-0.39, 0.29) is 11.7 Å². The molecule has 168 valence electrons. The van der Waals surface area contributed by atoms with Crippen LogP contribution in [-0.2, 0) is 15.3 Å². The Balaban J connectivity index is 1.92. The zero-order chi connectivity index (χ0) is 22.6. The lowest BCUT2D eigenvalue weighted by Crippen LogP contribution is -2.36. The van der Waals surface area contributed by atoms with E-state index in [1.165, 1.54) is 27.6 Å². The largest absolute Gasteiger partial charge is 0.493 e. The van der Waals surface area contributed by atoms with Crippen LogP contribution in [0.15, 0.2) is 42.5 Å². The molecule has 0 bridgehead atoms. The van der Waals surface area contributed by atoms with Gasteiger partial charge in [-0.2, -0.15) is 0 Å². The quantitative estimate of drug-likeness (QED) is 0.619.